The van der Waals surface area contributed by atoms with Crippen molar-refractivity contribution in [2.24, 2.45) is 0 Å². The van der Waals surface area contributed by atoms with Crippen molar-refractivity contribution >= 4 is 28.8 Å². The number of rotatable bonds is 3. The van der Waals surface area contributed by atoms with Gasteiger partial charge in [0, 0.05) is 32.1 Å². The van der Waals surface area contributed by atoms with Crippen molar-refractivity contribution in [1.29, 1.82) is 0 Å². The lowest BCUT2D eigenvalue weighted by Crippen LogP contribution is -2.35. The molecule has 0 unspecified atom stereocenters. The molecule has 1 aromatic rings. The van der Waals surface area contributed by atoms with Crippen molar-refractivity contribution in [1.82, 2.24) is 14.8 Å². The summed E-state index contributed by atoms with van der Waals surface area (Å²) >= 11 is 7.23. The lowest BCUT2D eigenvalue weighted by molar-refractivity contribution is 0.0766. The molecule has 0 saturated carbocycles. The van der Waals surface area contributed by atoms with Gasteiger partial charge in [-0.3, -0.25) is 4.79 Å². The zero-order valence-electron chi connectivity index (χ0n) is 10.6. The van der Waals surface area contributed by atoms with Crippen LogP contribution in [0.5, 0.6) is 0 Å². The second-order valence-corrected chi connectivity index (χ2v) is 6.03. The van der Waals surface area contributed by atoms with E-state index in [-0.39, 0.29) is 5.91 Å². The van der Waals surface area contributed by atoms with Crippen molar-refractivity contribution in [2.75, 3.05) is 38.6 Å². The SMILES string of the molecule is Cc1ncc(C(=O)N2CCCN(CCCl)CC2)s1. The van der Waals surface area contributed by atoms with E-state index < -0.39 is 0 Å². The Labute approximate surface area is 117 Å². The van der Waals surface area contributed by atoms with Gasteiger partial charge in [-0.25, -0.2) is 4.98 Å². The number of hydrogen-bond donors (Lipinski definition) is 0. The van der Waals surface area contributed by atoms with Crippen LogP contribution in [0.1, 0.15) is 21.1 Å². The van der Waals surface area contributed by atoms with Crippen LogP contribution in [0.4, 0.5) is 0 Å². The van der Waals surface area contributed by atoms with E-state index in [9.17, 15) is 4.79 Å². The molecule has 2 heterocycles. The highest BCUT2D eigenvalue weighted by Gasteiger charge is 2.21. The quantitative estimate of drug-likeness (QED) is 0.796. The molecule has 0 N–H and O–H groups in total. The van der Waals surface area contributed by atoms with Gasteiger partial charge in [0.05, 0.1) is 11.2 Å². The zero-order valence-corrected chi connectivity index (χ0v) is 12.1. The average Bonchev–Trinajstić information content (AvgIpc) is 2.65. The summed E-state index contributed by atoms with van der Waals surface area (Å²) in [6.45, 7) is 6.38. The molecule has 0 atom stereocenters. The van der Waals surface area contributed by atoms with E-state index in [1.807, 2.05) is 11.8 Å². The van der Waals surface area contributed by atoms with Gasteiger partial charge in [-0.2, -0.15) is 0 Å². The topological polar surface area (TPSA) is 36.4 Å². The highest BCUT2D eigenvalue weighted by atomic mass is 35.5. The Kier molecular flexibility index (Phi) is 4.97. The van der Waals surface area contributed by atoms with Gasteiger partial charge >= 0.3 is 0 Å². The van der Waals surface area contributed by atoms with Crippen molar-refractivity contribution in [2.45, 2.75) is 13.3 Å². The molecule has 1 aromatic heterocycles. The number of halogens is 1. The maximum atomic E-state index is 12.3. The second-order valence-electron chi connectivity index (χ2n) is 4.42. The molecule has 100 valence electrons. The smallest absolute Gasteiger partial charge is 0.265 e. The Morgan fingerprint density at radius 3 is 2.94 bits per heavy atom. The molecule has 1 saturated heterocycles. The van der Waals surface area contributed by atoms with Crippen molar-refractivity contribution < 1.29 is 4.79 Å². The molecule has 1 aliphatic heterocycles. The fraction of sp³-hybridized carbons (Fsp3) is 0.667. The Morgan fingerprint density at radius 1 is 1.44 bits per heavy atom. The molecule has 6 heteroatoms. The molecule has 18 heavy (non-hydrogen) atoms. The minimum atomic E-state index is 0.119. The standard InChI is InChI=1S/C12H18ClN3OS/c1-10-14-9-11(18-10)12(17)16-5-2-4-15(6-3-13)7-8-16/h9H,2-8H2,1H3. The summed E-state index contributed by atoms with van der Waals surface area (Å²) in [7, 11) is 0. The zero-order chi connectivity index (χ0) is 13.0. The number of amides is 1. The van der Waals surface area contributed by atoms with Crippen molar-refractivity contribution in [3.63, 3.8) is 0 Å². The first-order valence-corrected chi connectivity index (χ1v) is 7.56. The largest absolute Gasteiger partial charge is 0.337 e. The van der Waals surface area contributed by atoms with Crippen LogP contribution in [0.3, 0.4) is 0 Å². The van der Waals surface area contributed by atoms with Crippen molar-refractivity contribution in [3.8, 4) is 0 Å². The van der Waals surface area contributed by atoms with E-state index in [2.05, 4.69) is 9.88 Å². The normalized spacial score (nSPS) is 17.8. The Hall–Kier alpha value is -0.650. The molecule has 4 nitrogen and oxygen atoms in total. The number of aryl methyl sites for hydroxylation is 1. The van der Waals surface area contributed by atoms with Crippen LogP contribution >= 0.6 is 22.9 Å². The van der Waals surface area contributed by atoms with E-state index in [1.54, 1.807) is 6.20 Å². The van der Waals surface area contributed by atoms with Crippen LogP contribution in [0.25, 0.3) is 0 Å². The predicted molar refractivity (Wildman–Crippen MR) is 74.5 cm³/mol. The van der Waals surface area contributed by atoms with Gasteiger partial charge in [0.1, 0.15) is 4.88 Å². The van der Waals surface area contributed by atoms with Gasteiger partial charge in [0.25, 0.3) is 5.91 Å². The first kappa shape index (κ1) is 13.8. The molecule has 1 aliphatic rings. The molecule has 0 radical (unpaired) electrons. The van der Waals surface area contributed by atoms with Gasteiger partial charge < -0.3 is 9.80 Å². The van der Waals surface area contributed by atoms with Gasteiger partial charge in [0.15, 0.2) is 0 Å². The highest BCUT2D eigenvalue weighted by Crippen LogP contribution is 2.15. The van der Waals surface area contributed by atoms with Crippen LogP contribution in [-0.4, -0.2) is 59.3 Å². The number of nitrogens with zero attached hydrogens (tertiary/aromatic N) is 3. The number of hydrogen-bond acceptors (Lipinski definition) is 4. The summed E-state index contributed by atoms with van der Waals surface area (Å²) in [5.41, 5.74) is 0. The number of aromatic nitrogens is 1. The summed E-state index contributed by atoms with van der Waals surface area (Å²) in [6.07, 6.45) is 2.70. The fourth-order valence-corrected chi connectivity index (χ4v) is 3.12. The lowest BCUT2D eigenvalue weighted by atomic mass is 10.3. The first-order chi connectivity index (χ1) is 8.70. The van der Waals surface area contributed by atoms with Gasteiger partial charge in [-0.1, -0.05) is 0 Å². The fourth-order valence-electron chi connectivity index (χ4n) is 2.13. The molecule has 0 spiro atoms. The number of carbonyl (C=O) groups excluding carboxylic acids is 1. The Morgan fingerprint density at radius 2 is 2.28 bits per heavy atom. The van der Waals surface area contributed by atoms with E-state index in [0.717, 1.165) is 49.0 Å². The third kappa shape index (κ3) is 3.43. The van der Waals surface area contributed by atoms with Crippen LogP contribution in [0.2, 0.25) is 0 Å². The van der Waals surface area contributed by atoms with E-state index in [4.69, 9.17) is 11.6 Å². The van der Waals surface area contributed by atoms with Crippen LogP contribution in [0.15, 0.2) is 6.20 Å². The summed E-state index contributed by atoms with van der Waals surface area (Å²) in [6, 6.07) is 0. The van der Waals surface area contributed by atoms with Crippen LogP contribution < -0.4 is 0 Å². The monoisotopic (exact) mass is 287 g/mol. The molecule has 1 amide bonds. The first-order valence-electron chi connectivity index (χ1n) is 6.20. The summed E-state index contributed by atoms with van der Waals surface area (Å²) in [4.78, 5) is 21.4. The van der Waals surface area contributed by atoms with Crippen molar-refractivity contribution in [3.05, 3.63) is 16.1 Å². The lowest BCUT2D eigenvalue weighted by Gasteiger charge is -2.20. The van der Waals surface area contributed by atoms with Crippen LogP contribution in [-0.2, 0) is 0 Å². The van der Waals surface area contributed by atoms with Crippen LogP contribution in [0, 0.1) is 6.92 Å². The second kappa shape index (κ2) is 6.50. The molecule has 2 rings (SSSR count). The third-order valence-electron chi connectivity index (χ3n) is 3.11. The summed E-state index contributed by atoms with van der Waals surface area (Å²) < 4.78 is 0. The molecular formula is C12H18ClN3OS. The summed E-state index contributed by atoms with van der Waals surface area (Å²) in [5.74, 6) is 0.774. The van der Waals surface area contributed by atoms with E-state index >= 15 is 0 Å². The predicted octanol–water partition coefficient (Wildman–Crippen LogP) is 1.84. The Bertz CT molecular complexity index is 410. The maximum absolute atomic E-state index is 12.3. The third-order valence-corrected chi connectivity index (χ3v) is 4.18. The van der Waals surface area contributed by atoms with E-state index in [0.29, 0.717) is 5.88 Å². The summed E-state index contributed by atoms with van der Waals surface area (Å²) in [5, 5.41) is 0.942. The molecule has 0 aliphatic carbocycles. The molecule has 0 bridgehead atoms. The molecular weight excluding hydrogens is 270 g/mol. The maximum Gasteiger partial charge on any atom is 0.265 e. The van der Waals surface area contributed by atoms with Gasteiger partial charge in [-0.05, 0) is 19.9 Å². The minimum Gasteiger partial charge on any atom is -0.337 e. The highest BCUT2D eigenvalue weighted by molar-refractivity contribution is 7.13. The van der Waals surface area contributed by atoms with Gasteiger partial charge in [-0.15, -0.1) is 22.9 Å². The number of carbonyl (C=O) groups is 1. The number of thiazole rings is 1. The number of alkyl halides is 1. The molecule has 0 aromatic carbocycles. The minimum absolute atomic E-state index is 0.119. The average molecular weight is 288 g/mol. The Balaban J connectivity index is 1.95. The van der Waals surface area contributed by atoms with E-state index in [1.165, 1.54) is 11.3 Å². The van der Waals surface area contributed by atoms with Gasteiger partial charge in [0.2, 0.25) is 0 Å². The molecule has 1 fully saturated rings.